The number of rotatable bonds is 2. The lowest BCUT2D eigenvalue weighted by atomic mass is 9.83. The number of pyridine rings is 1. The van der Waals surface area contributed by atoms with E-state index in [1.54, 1.807) is 0 Å². The summed E-state index contributed by atoms with van der Waals surface area (Å²) in [6, 6.07) is 2.71. The minimum atomic E-state index is -1.62. The normalized spacial score (nSPS) is 10.3. The fourth-order valence-electron chi connectivity index (χ4n) is 1.13. The van der Waals surface area contributed by atoms with Crippen LogP contribution in [0.25, 0.3) is 5.82 Å². The highest BCUT2D eigenvalue weighted by atomic mass is 19.1. The maximum absolute atomic E-state index is 13.2. The van der Waals surface area contributed by atoms with Crippen molar-refractivity contribution in [2.75, 3.05) is 0 Å². The fourth-order valence-corrected chi connectivity index (χ4v) is 1.13. The second kappa shape index (κ2) is 3.80. The number of halogens is 1. The average molecular weight is 207 g/mol. The summed E-state index contributed by atoms with van der Waals surface area (Å²) in [7, 11) is -1.62. The van der Waals surface area contributed by atoms with E-state index in [9.17, 15) is 4.39 Å². The molecule has 0 aliphatic carbocycles. The number of aromatic nitrogens is 3. The lowest BCUT2D eigenvalue weighted by Gasteiger charge is -2.00. The van der Waals surface area contributed by atoms with Crippen molar-refractivity contribution in [3.8, 4) is 5.82 Å². The molecule has 2 aromatic heterocycles. The Morgan fingerprint density at radius 2 is 2.20 bits per heavy atom. The quantitative estimate of drug-likeness (QED) is 0.625. The maximum atomic E-state index is 13.2. The maximum Gasteiger partial charge on any atom is 0.491 e. The Bertz CT molecular complexity index is 474. The van der Waals surface area contributed by atoms with Crippen LogP contribution in [0, 0.1) is 5.82 Å². The van der Waals surface area contributed by atoms with Crippen molar-refractivity contribution in [3.63, 3.8) is 0 Å². The van der Waals surface area contributed by atoms with Crippen LogP contribution in [-0.4, -0.2) is 31.9 Å². The molecule has 0 radical (unpaired) electrons. The molecule has 0 saturated carbocycles. The predicted molar refractivity (Wildman–Crippen MR) is 51.1 cm³/mol. The monoisotopic (exact) mass is 207 g/mol. The van der Waals surface area contributed by atoms with Gasteiger partial charge in [0.15, 0.2) is 11.6 Å². The van der Waals surface area contributed by atoms with E-state index in [2.05, 4.69) is 10.1 Å². The average Bonchev–Trinajstić information content (AvgIpc) is 2.67. The van der Waals surface area contributed by atoms with Gasteiger partial charge in [0.05, 0.1) is 0 Å². The SMILES string of the molecule is OB(O)c1cnn(-c2ncccc2F)c1. The Morgan fingerprint density at radius 1 is 1.40 bits per heavy atom. The van der Waals surface area contributed by atoms with Crippen LogP contribution in [0.2, 0.25) is 0 Å². The molecule has 76 valence electrons. The lowest BCUT2D eigenvalue weighted by Crippen LogP contribution is -2.28. The first-order valence-electron chi connectivity index (χ1n) is 4.20. The van der Waals surface area contributed by atoms with Crippen molar-refractivity contribution < 1.29 is 14.4 Å². The zero-order chi connectivity index (χ0) is 10.8. The van der Waals surface area contributed by atoms with Crippen molar-refractivity contribution in [1.29, 1.82) is 0 Å². The van der Waals surface area contributed by atoms with Crippen molar-refractivity contribution >= 4 is 12.6 Å². The minimum Gasteiger partial charge on any atom is -0.423 e. The Hall–Kier alpha value is -1.73. The molecule has 15 heavy (non-hydrogen) atoms. The van der Waals surface area contributed by atoms with Crippen molar-refractivity contribution in [1.82, 2.24) is 14.8 Å². The highest BCUT2D eigenvalue weighted by molar-refractivity contribution is 6.58. The largest absolute Gasteiger partial charge is 0.491 e. The van der Waals surface area contributed by atoms with Gasteiger partial charge in [-0.1, -0.05) is 0 Å². The van der Waals surface area contributed by atoms with Crippen LogP contribution in [0.1, 0.15) is 0 Å². The molecule has 2 N–H and O–H groups in total. The van der Waals surface area contributed by atoms with Crippen LogP contribution in [0.5, 0.6) is 0 Å². The summed E-state index contributed by atoms with van der Waals surface area (Å²) in [6.45, 7) is 0. The molecule has 2 rings (SSSR count). The third-order valence-corrected chi connectivity index (χ3v) is 1.86. The summed E-state index contributed by atoms with van der Waals surface area (Å²) in [5.41, 5.74) is 0.181. The second-order valence-electron chi connectivity index (χ2n) is 2.90. The first-order valence-corrected chi connectivity index (χ1v) is 4.20. The Balaban J connectivity index is 2.42. The molecule has 0 spiro atoms. The number of nitrogens with zero attached hydrogens (tertiary/aromatic N) is 3. The van der Waals surface area contributed by atoms with E-state index in [0.717, 1.165) is 4.68 Å². The van der Waals surface area contributed by atoms with Crippen LogP contribution in [-0.2, 0) is 0 Å². The van der Waals surface area contributed by atoms with Crippen LogP contribution in [0.15, 0.2) is 30.7 Å². The summed E-state index contributed by atoms with van der Waals surface area (Å²) in [5.74, 6) is -0.510. The Kier molecular flexibility index (Phi) is 2.48. The molecule has 0 amide bonds. The van der Waals surface area contributed by atoms with Crippen LogP contribution >= 0.6 is 0 Å². The van der Waals surface area contributed by atoms with Gasteiger partial charge in [-0.15, -0.1) is 0 Å². The molecule has 0 aliphatic rings. The third kappa shape index (κ3) is 1.88. The van der Waals surface area contributed by atoms with Gasteiger partial charge in [0.1, 0.15) is 0 Å². The molecular weight excluding hydrogens is 200 g/mol. The summed E-state index contributed by atoms with van der Waals surface area (Å²) in [5, 5.41) is 21.4. The fraction of sp³-hybridized carbons (Fsp3) is 0. The van der Waals surface area contributed by atoms with Crippen molar-refractivity contribution in [3.05, 3.63) is 36.5 Å². The molecule has 0 atom stereocenters. The Labute approximate surface area is 85.0 Å². The molecule has 2 aromatic rings. The smallest absolute Gasteiger partial charge is 0.423 e. The van der Waals surface area contributed by atoms with E-state index < -0.39 is 12.9 Å². The van der Waals surface area contributed by atoms with Crippen LogP contribution in [0.4, 0.5) is 4.39 Å². The zero-order valence-corrected chi connectivity index (χ0v) is 7.58. The van der Waals surface area contributed by atoms with E-state index in [1.807, 2.05) is 0 Å². The van der Waals surface area contributed by atoms with Gasteiger partial charge in [0.2, 0.25) is 0 Å². The van der Waals surface area contributed by atoms with Gasteiger partial charge in [-0.05, 0) is 12.1 Å². The van der Waals surface area contributed by atoms with Crippen molar-refractivity contribution in [2.45, 2.75) is 0 Å². The van der Waals surface area contributed by atoms with Gasteiger partial charge in [0.25, 0.3) is 0 Å². The van der Waals surface area contributed by atoms with Crippen LogP contribution in [0.3, 0.4) is 0 Å². The van der Waals surface area contributed by atoms with E-state index >= 15 is 0 Å². The molecule has 0 aliphatic heterocycles. The lowest BCUT2D eigenvalue weighted by molar-refractivity contribution is 0.426. The van der Waals surface area contributed by atoms with Gasteiger partial charge >= 0.3 is 7.12 Å². The predicted octanol–water partition coefficient (Wildman–Crippen LogP) is -0.914. The third-order valence-electron chi connectivity index (χ3n) is 1.86. The molecule has 0 unspecified atom stereocenters. The van der Waals surface area contributed by atoms with E-state index in [0.29, 0.717) is 0 Å². The molecule has 0 aromatic carbocycles. The molecule has 5 nitrogen and oxygen atoms in total. The zero-order valence-electron chi connectivity index (χ0n) is 7.58. The topological polar surface area (TPSA) is 71.2 Å². The summed E-state index contributed by atoms with van der Waals surface area (Å²) in [4.78, 5) is 3.78. The highest BCUT2D eigenvalue weighted by Gasteiger charge is 2.15. The summed E-state index contributed by atoms with van der Waals surface area (Å²) >= 11 is 0. The first-order chi connectivity index (χ1) is 7.18. The van der Waals surface area contributed by atoms with E-state index in [-0.39, 0.29) is 11.3 Å². The molecule has 0 saturated heterocycles. The van der Waals surface area contributed by atoms with E-state index in [1.165, 1.54) is 30.7 Å². The number of hydrogen-bond donors (Lipinski definition) is 2. The van der Waals surface area contributed by atoms with Gasteiger partial charge in [-0.25, -0.2) is 14.1 Å². The first kappa shape index (κ1) is 9.82. The molecule has 2 heterocycles. The summed E-state index contributed by atoms with van der Waals surface area (Å²) in [6.07, 6.45) is 3.96. The standard InChI is InChI=1S/C8H7BFN3O2/c10-7-2-1-3-11-8(7)13-5-6(4-12-13)9(14)15/h1-5,14-15H. The molecule has 7 heteroatoms. The summed E-state index contributed by atoms with van der Waals surface area (Å²) < 4.78 is 14.4. The van der Waals surface area contributed by atoms with Crippen LogP contribution < -0.4 is 5.46 Å². The minimum absolute atomic E-state index is 0.0180. The second-order valence-corrected chi connectivity index (χ2v) is 2.90. The van der Waals surface area contributed by atoms with Crippen molar-refractivity contribution in [2.24, 2.45) is 0 Å². The van der Waals surface area contributed by atoms with Gasteiger partial charge < -0.3 is 10.0 Å². The van der Waals surface area contributed by atoms with Gasteiger partial charge in [-0.2, -0.15) is 5.10 Å². The van der Waals surface area contributed by atoms with Gasteiger partial charge in [-0.3, -0.25) is 0 Å². The molecule has 0 fully saturated rings. The molecular formula is C8H7BFN3O2. The number of hydrogen-bond acceptors (Lipinski definition) is 4. The highest BCUT2D eigenvalue weighted by Crippen LogP contribution is 2.06. The Morgan fingerprint density at radius 3 is 2.80 bits per heavy atom. The van der Waals surface area contributed by atoms with E-state index in [4.69, 9.17) is 10.0 Å². The molecule has 0 bridgehead atoms. The van der Waals surface area contributed by atoms with Gasteiger partial charge in [0, 0.05) is 24.1 Å².